The fourth-order valence-electron chi connectivity index (χ4n) is 3.72. The van der Waals surface area contributed by atoms with Crippen LogP contribution in [0, 0.1) is 6.92 Å². The molecule has 1 heterocycles. The van der Waals surface area contributed by atoms with Crippen molar-refractivity contribution in [3.05, 3.63) is 92.9 Å². The number of alkyl halides is 6. The van der Waals surface area contributed by atoms with Crippen molar-refractivity contribution in [2.75, 3.05) is 0 Å². The zero-order valence-corrected chi connectivity index (χ0v) is 18.3. The number of carbonyl (C=O) groups is 1. The van der Waals surface area contributed by atoms with Gasteiger partial charge in [0.05, 0.1) is 16.8 Å². The fraction of sp³-hybridized carbons (Fsp3) is 0.292. The summed E-state index contributed by atoms with van der Waals surface area (Å²) in [5.41, 5.74) is -2.97. The Hall–Kier alpha value is -3.63. The zero-order valence-electron chi connectivity index (χ0n) is 18.3. The highest BCUT2D eigenvalue weighted by Crippen LogP contribution is 2.34. The number of aryl methyl sites for hydroxylation is 1. The largest absolute Gasteiger partial charge is 0.418 e. The number of para-hydroxylation sites is 1. The molecule has 184 valence electrons. The molecule has 1 aromatic heterocycles. The predicted molar refractivity (Wildman–Crippen MR) is 114 cm³/mol. The van der Waals surface area contributed by atoms with Gasteiger partial charge in [-0.2, -0.15) is 31.4 Å². The number of amides is 1. The van der Waals surface area contributed by atoms with Crippen LogP contribution in [0.2, 0.25) is 0 Å². The Balaban J connectivity index is 1.70. The minimum absolute atomic E-state index is 0.0736. The third-order valence-electron chi connectivity index (χ3n) is 5.63. The third-order valence-corrected chi connectivity index (χ3v) is 5.63. The lowest BCUT2D eigenvalue weighted by molar-refractivity contribution is -0.138. The highest BCUT2D eigenvalue weighted by atomic mass is 19.4. The Morgan fingerprint density at radius 2 is 1.63 bits per heavy atom. The molecule has 0 atom stereocenters. The van der Waals surface area contributed by atoms with Crippen LogP contribution in [0.5, 0.6) is 0 Å². The molecule has 0 unspecified atom stereocenters. The minimum atomic E-state index is -4.69. The van der Waals surface area contributed by atoms with E-state index in [2.05, 4.69) is 5.10 Å². The summed E-state index contributed by atoms with van der Waals surface area (Å²) >= 11 is 0. The maximum absolute atomic E-state index is 13.5. The number of benzene rings is 2. The number of rotatable bonds is 5. The van der Waals surface area contributed by atoms with E-state index in [1.165, 1.54) is 42.2 Å². The van der Waals surface area contributed by atoms with Crippen LogP contribution >= 0.6 is 0 Å². The van der Waals surface area contributed by atoms with Crippen molar-refractivity contribution in [2.24, 2.45) is 0 Å². The molecule has 5 nitrogen and oxygen atoms in total. The molecule has 11 heteroatoms. The van der Waals surface area contributed by atoms with E-state index < -0.39 is 40.5 Å². The molecule has 0 bridgehead atoms. The van der Waals surface area contributed by atoms with Crippen LogP contribution < -0.4 is 5.43 Å². The SMILES string of the molecule is Cc1cc(=O)c(C(=O)N(Cc2ccc(C(F)(F)F)cc2)C2CC2)nn1-c1ccccc1C(F)(F)F. The van der Waals surface area contributed by atoms with Gasteiger partial charge in [-0.25, -0.2) is 4.68 Å². The molecule has 1 fully saturated rings. The summed E-state index contributed by atoms with van der Waals surface area (Å²) in [5, 5.41) is 4.00. The molecule has 0 aliphatic heterocycles. The first-order valence-corrected chi connectivity index (χ1v) is 10.6. The van der Waals surface area contributed by atoms with Crippen molar-refractivity contribution in [1.29, 1.82) is 0 Å². The van der Waals surface area contributed by atoms with E-state index in [1.54, 1.807) is 0 Å². The highest BCUT2D eigenvalue weighted by molar-refractivity contribution is 5.92. The van der Waals surface area contributed by atoms with Gasteiger partial charge in [-0.3, -0.25) is 9.59 Å². The number of aromatic nitrogens is 2. The van der Waals surface area contributed by atoms with E-state index >= 15 is 0 Å². The van der Waals surface area contributed by atoms with E-state index in [-0.39, 0.29) is 24.0 Å². The Bertz CT molecular complexity index is 1310. The monoisotopic (exact) mass is 495 g/mol. The molecule has 1 amide bonds. The summed E-state index contributed by atoms with van der Waals surface area (Å²) in [6.45, 7) is 1.33. The molecule has 2 aromatic carbocycles. The van der Waals surface area contributed by atoms with Crippen LogP contribution in [0.15, 0.2) is 59.4 Å². The molecular formula is C24H19F6N3O2. The van der Waals surface area contributed by atoms with Crippen LogP contribution in [-0.2, 0) is 18.9 Å². The number of hydrogen-bond donors (Lipinski definition) is 0. The smallest absolute Gasteiger partial charge is 0.330 e. The molecule has 4 rings (SSSR count). The molecule has 0 radical (unpaired) electrons. The molecule has 1 aliphatic carbocycles. The maximum atomic E-state index is 13.5. The highest BCUT2D eigenvalue weighted by Gasteiger charge is 2.37. The van der Waals surface area contributed by atoms with Crippen LogP contribution in [-0.4, -0.2) is 26.6 Å². The number of halogens is 6. The molecule has 35 heavy (non-hydrogen) atoms. The molecule has 0 spiro atoms. The first-order valence-electron chi connectivity index (χ1n) is 10.6. The predicted octanol–water partition coefficient (Wildman–Crippen LogP) is 5.38. The summed E-state index contributed by atoms with van der Waals surface area (Å²) in [6, 6.07) is 9.73. The number of carbonyl (C=O) groups excluding carboxylic acids is 1. The lowest BCUT2D eigenvalue weighted by atomic mass is 10.1. The van der Waals surface area contributed by atoms with E-state index in [0.717, 1.165) is 28.9 Å². The van der Waals surface area contributed by atoms with Gasteiger partial charge in [-0.15, -0.1) is 0 Å². The van der Waals surface area contributed by atoms with Gasteiger partial charge in [-0.05, 0) is 49.6 Å². The van der Waals surface area contributed by atoms with Gasteiger partial charge in [0, 0.05) is 24.3 Å². The van der Waals surface area contributed by atoms with Crippen LogP contribution in [0.3, 0.4) is 0 Å². The molecule has 1 aliphatic rings. The average molecular weight is 495 g/mol. The first-order chi connectivity index (χ1) is 16.4. The number of nitrogens with zero attached hydrogens (tertiary/aromatic N) is 3. The second-order valence-electron chi connectivity index (χ2n) is 8.28. The molecule has 0 saturated heterocycles. The van der Waals surface area contributed by atoms with Crippen molar-refractivity contribution >= 4 is 5.91 Å². The quantitative estimate of drug-likeness (QED) is 0.447. The van der Waals surface area contributed by atoms with Gasteiger partial charge in [0.1, 0.15) is 0 Å². The zero-order chi connectivity index (χ0) is 25.5. The van der Waals surface area contributed by atoms with E-state index in [4.69, 9.17) is 0 Å². The molecule has 1 saturated carbocycles. The summed E-state index contributed by atoms with van der Waals surface area (Å²) in [6.07, 6.45) is -7.94. The Morgan fingerprint density at radius 3 is 2.20 bits per heavy atom. The lowest BCUT2D eigenvalue weighted by Gasteiger charge is -2.23. The van der Waals surface area contributed by atoms with Crippen LogP contribution in [0.25, 0.3) is 5.69 Å². The molecule has 0 N–H and O–H groups in total. The molecular weight excluding hydrogens is 476 g/mol. The van der Waals surface area contributed by atoms with Crippen molar-refractivity contribution in [2.45, 2.75) is 44.7 Å². The standard InChI is InChI=1S/C24H19F6N3O2/c1-14-12-20(34)21(31-33(14)19-5-3-2-4-18(19)24(28,29)30)22(35)32(17-10-11-17)13-15-6-8-16(9-7-15)23(25,26)27/h2-9,12,17H,10-11,13H2,1H3. The van der Waals surface area contributed by atoms with Crippen molar-refractivity contribution in [3.8, 4) is 5.69 Å². The van der Waals surface area contributed by atoms with Gasteiger partial charge < -0.3 is 4.90 Å². The van der Waals surface area contributed by atoms with E-state index in [0.29, 0.717) is 18.4 Å². The van der Waals surface area contributed by atoms with Crippen molar-refractivity contribution in [3.63, 3.8) is 0 Å². The topological polar surface area (TPSA) is 55.2 Å². The lowest BCUT2D eigenvalue weighted by Crippen LogP contribution is -2.37. The Labute approximate surface area is 195 Å². The van der Waals surface area contributed by atoms with Gasteiger partial charge >= 0.3 is 12.4 Å². The van der Waals surface area contributed by atoms with Gasteiger partial charge in [-0.1, -0.05) is 24.3 Å². The van der Waals surface area contributed by atoms with Gasteiger partial charge in [0.2, 0.25) is 5.43 Å². The number of hydrogen-bond acceptors (Lipinski definition) is 3. The average Bonchev–Trinajstić information content (AvgIpc) is 3.61. The fourth-order valence-corrected chi connectivity index (χ4v) is 3.72. The minimum Gasteiger partial charge on any atom is -0.330 e. The van der Waals surface area contributed by atoms with Crippen molar-refractivity contribution < 1.29 is 31.1 Å². The van der Waals surface area contributed by atoms with Gasteiger partial charge in [0.15, 0.2) is 5.69 Å². The van der Waals surface area contributed by atoms with Crippen LogP contribution in [0.1, 0.15) is 45.7 Å². The summed E-state index contributed by atoms with van der Waals surface area (Å²) < 4.78 is 80.1. The van der Waals surface area contributed by atoms with Crippen LogP contribution in [0.4, 0.5) is 26.3 Å². The Kier molecular flexibility index (Phi) is 6.20. The van der Waals surface area contributed by atoms with Gasteiger partial charge in [0.25, 0.3) is 5.91 Å². The second-order valence-corrected chi connectivity index (χ2v) is 8.28. The van der Waals surface area contributed by atoms with E-state index in [1.807, 2.05) is 0 Å². The van der Waals surface area contributed by atoms with E-state index in [9.17, 15) is 35.9 Å². The first kappa shape index (κ1) is 24.5. The van der Waals surface area contributed by atoms with Crippen molar-refractivity contribution in [1.82, 2.24) is 14.7 Å². The normalized spacial score (nSPS) is 14.1. The summed E-state index contributed by atoms with van der Waals surface area (Å²) in [5.74, 6) is -0.796. The summed E-state index contributed by atoms with van der Waals surface area (Å²) in [7, 11) is 0. The third kappa shape index (κ3) is 5.23. The summed E-state index contributed by atoms with van der Waals surface area (Å²) in [4.78, 5) is 27.3. The second kappa shape index (κ2) is 8.86. The molecule has 3 aromatic rings. The Morgan fingerprint density at radius 1 is 1.00 bits per heavy atom. The maximum Gasteiger partial charge on any atom is 0.418 e.